The van der Waals surface area contributed by atoms with Gasteiger partial charge in [-0.15, -0.1) is 0 Å². The third kappa shape index (κ3) is 6.59. The van der Waals surface area contributed by atoms with Gasteiger partial charge in [-0.05, 0) is 41.9 Å². The van der Waals surface area contributed by atoms with Gasteiger partial charge in [-0.1, -0.05) is 87.9 Å². The van der Waals surface area contributed by atoms with Gasteiger partial charge in [-0.3, -0.25) is 4.79 Å². The highest BCUT2D eigenvalue weighted by molar-refractivity contribution is 5.96. The molecular formula is C29H35NO5. The highest BCUT2D eigenvalue weighted by Crippen LogP contribution is 2.28. The summed E-state index contributed by atoms with van der Waals surface area (Å²) >= 11 is 0. The maximum atomic E-state index is 13.7. The summed E-state index contributed by atoms with van der Waals surface area (Å²) in [7, 11) is 1.34. The normalized spacial score (nSPS) is 16.8. The molecule has 0 radical (unpaired) electrons. The van der Waals surface area contributed by atoms with Crippen molar-refractivity contribution in [3.8, 4) is 11.1 Å². The zero-order valence-corrected chi connectivity index (χ0v) is 21.0. The Labute approximate surface area is 207 Å². The van der Waals surface area contributed by atoms with E-state index >= 15 is 0 Å². The monoisotopic (exact) mass is 477 g/mol. The first kappa shape index (κ1) is 26.2. The van der Waals surface area contributed by atoms with Crippen LogP contribution >= 0.6 is 0 Å². The van der Waals surface area contributed by atoms with Crippen molar-refractivity contribution in [2.75, 3.05) is 13.7 Å². The van der Waals surface area contributed by atoms with E-state index in [0.717, 1.165) is 23.1 Å². The van der Waals surface area contributed by atoms with Crippen LogP contribution in [0.2, 0.25) is 0 Å². The molecule has 1 saturated heterocycles. The summed E-state index contributed by atoms with van der Waals surface area (Å²) in [6, 6.07) is 17.8. The van der Waals surface area contributed by atoms with Gasteiger partial charge in [-0.2, -0.15) is 0 Å². The lowest BCUT2D eigenvalue weighted by Crippen LogP contribution is -2.45. The highest BCUT2D eigenvalue weighted by atomic mass is 16.6. The molecule has 6 heteroatoms. The third-order valence-corrected chi connectivity index (χ3v) is 6.40. The number of benzene rings is 2. The van der Waals surface area contributed by atoms with Crippen LogP contribution in [0.4, 0.5) is 4.79 Å². The fourth-order valence-electron chi connectivity index (χ4n) is 4.34. The summed E-state index contributed by atoms with van der Waals surface area (Å²) in [4.78, 5) is 40.0. The molecule has 1 aliphatic rings. The molecule has 186 valence electrons. The molecule has 2 amide bonds. The second kappa shape index (κ2) is 12.3. The summed E-state index contributed by atoms with van der Waals surface area (Å²) in [5.74, 6) is -1.30. The number of amides is 2. The number of methoxy groups -OCH3 is 1. The van der Waals surface area contributed by atoms with Crippen molar-refractivity contribution in [1.29, 1.82) is 0 Å². The van der Waals surface area contributed by atoms with Gasteiger partial charge in [0.2, 0.25) is 5.91 Å². The topological polar surface area (TPSA) is 72.9 Å². The Morgan fingerprint density at radius 2 is 1.74 bits per heavy atom. The summed E-state index contributed by atoms with van der Waals surface area (Å²) in [5, 5.41) is 0. The Kier molecular flexibility index (Phi) is 9.24. The van der Waals surface area contributed by atoms with Crippen LogP contribution in [0.5, 0.6) is 0 Å². The highest BCUT2D eigenvalue weighted by Gasteiger charge is 2.42. The van der Waals surface area contributed by atoms with Crippen LogP contribution in [-0.2, 0) is 25.5 Å². The van der Waals surface area contributed by atoms with E-state index in [1.165, 1.54) is 12.0 Å². The SMILES string of the molecule is CCC/C=C(\C[C@H](Cc1ccc(-c2ccccc2)cc1)C(=O)N1C(=O)OC[C@@H]1C(C)C)C(=O)OC. The minimum atomic E-state index is -0.615. The van der Waals surface area contributed by atoms with Gasteiger partial charge in [-0.25, -0.2) is 14.5 Å². The fraction of sp³-hybridized carbons (Fsp3) is 0.414. The number of ether oxygens (including phenoxy) is 2. The number of hydrogen-bond donors (Lipinski definition) is 0. The second-order valence-corrected chi connectivity index (χ2v) is 9.27. The second-order valence-electron chi connectivity index (χ2n) is 9.27. The number of carbonyl (C=O) groups excluding carboxylic acids is 3. The average molecular weight is 478 g/mol. The molecule has 0 unspecified atom stereocenters. The summed E-state index contributed by atoms with van der Waals surface area (Å²) in [5.41, 5.74) is 3.61. The Morgan fingerprint density at radius 1 is 1.09 bits per heavy atom. The lowest BCUT2D eigenvalue weighted by molar-refractivity contribution is -0.137. The number of allylic oxidation sites excluding steroid dienone is 1. The predicted octanol–water partition coefficient (Wildman–Crippen LogP) is 5.81. The minimum absolute atomic E-state index is 0.0620. The first-order valence-corrected chi connectivity index (χ1v) is 12.3. The molecule has 0 bridgehead atoms. The first-order chi connectivity index (χ1) is 16.8. The molecule has 6 nitrogen and oxygen atoms in total. The number of cyclic esters (lactones) is 1. The van der Waals surface area contributed by atoms with Gasteiger partial charge in [0.05, 0.1) is 13.2 Å². The van der Waals surface area contributed by atoms with Crippen molar-refractivity contribution in [1.82, 2.24) is 4.90 Å². The molecule has 0 aliphatic carbocycles. The summed E-state index contributed by atoms with van der Waals surface area (Å²) in [6.07, 6.45) is 3.39. The number of esters is 1. The average Bonchev–Trinajstić information content (AvgIpc) is 3.27. The van der Waals surface area contributed by atoms with Gasteiger partial charge < -0.3 is 9.47 Å². The van der Waals surface area contributed by atoms with Crippen molar-refractivity contribution < 1.29 is 23.9 Å². The number of hydrogen-bond acceptors (Lipinski definition) is 5. The van der Waals surface area contributed by atoms with E-state index in [-0.39, 0.29) is 30.9 Å². The van der Waals surface area contributed by atoms with Gasteiger partial charge in [0.1, 0.15) is 6.61 Å². The molecule has 1 aliphatic heterocycles. The summed E-state index contributed by atoms with van der Waals surface area (Å²) < 4.78 is 10.2. The van der Waals surface area contributed by atoms with Crippen LogP contribution in [0, 0.1) is 11.8 Å². The van der Waals surface area contributed by atoms with Crippen molar-refractivity contribution in [2.24, 2.45) is 11.8 Å². The van der Waals surface area contributed by atoms with Gasteiger partial charge >= 0.3 is 12.1 Å². The number of carbonyl (C=O) groups is 3. The maximum Gasteiger partial charge on any atom is 0.416 e. The number of unbranched alkanes of at least 4 members (excludes halogenated alkanes) is 1. The molecule has 1 heterocycles. The number of imide groups is 1. The van der Waals surface area contributed by atoms with Gasteiger partial charge in [0, 0.05) is 11.5 Å². The maximum absolute atomic E-state index is 13.7. The molecule has 1 fully saturated rings. The fourth-order valence-corrected chi connectivity index (χ4v) is 4.34. The molecular weight excluding hydrogens is 442 g/mol. The van der Waals surface area contributed by atoms with E-state index in [9.17, 15) is 14.4 Å². The molecule has 2 atom stereocenters. The van der Waals surface area contributed by atoms with Crippen LogP contribution < -0.4 is 0 Å². The van der Waals surface area contributed by atoms with E-state index in [1.54, 1.807) is 0 Å². The van der Waals surface area contributed by atoms with Crippen molar-refractivity contribution in [3.63, 3.8) is 0 Å². The van der Waals surface area contributed by atoms with Crippen LogP contribution in [0.25, 0.3) is 11.1 Å². The first-order valence-electron chi connectivity index (χ1n) is 12.3. The van der Waals surface area contributed by atoms with E-state index in [4.69, 9.17) is 9.47 Å². The molecule has 0 N–H and O–H groups in total. The quantitative estimate of drug-likeness (QED) is 0.319. The molecule has 2 aromatic carbocycles. The van der Waals surface area contributed by atoms with Crippen molar-refractivity contribution in [2.45, 2.75) is 52.5 Å². The Bertz CT molecular complexity index is 1040. The van der Waals surface area contributed by atoms with Crippen molar-refractivity contribution >= 4 is 18.0 Å². The summed E-state index contributed by atoms with van der Waals surface area (Å²) in [6.45, 7) is 6.14. The van der Waals surface area contributed by atoms with Crippen LogP contribution in [0.15, 0.2) is 66.2 Å². The molecule has 0 spiro atoms. The Morgan fingerprint density at radius 3 is 2.34 bits per heavy atom. The third-order valence-electron chi connectivity index (χ3n) is 6.40. The smallest absolute Gasteiger partial charge is 0.416 e. The minimum Gasteiger partial charge on any atom is -0.466 e. The van der Waals surface area contributed by atoms with E-state index in [0.29, 0.717) is 18.4 Å². The largest absolute Gasteiger partial charge is 0.466 e. The Hall–Kier alpha value is -3.41. The molecule has 0 saturated carbocycles. The zero-order chi connectivity index (χ0) is 25.4. The molecule has 2 aromatic rings. The van der Waals surface area contributed by atoms with E-state index in [1.807, 2.05) is 81.4 Å². The molecule has 35 heavy (non-hydrogen) atoms. The molecule has 0 aromatic heterocycles. The Balaban J connectivity index is 1.90. The van der Waals surface area contributed by atoms with Crippen LogP contribution in [-0.4, -0.2) is 42.6 Å². The van der Waals surface area contributed by atoms with E-state index in [2.05, 4.69) is 0 Å². The standard InChI is InChI=1S/C29H35NO5/c1-5-6-10-24(28(32)34-4)18-25(27(31)30-26(20(2)3)19-35-29(30)33)17-21-13-15-23(16-14-21)22-11-8-7-9-12-22/h7-16,20,25-26H,5-6,17-19H2,1-4H3/b24-10+/t25-,26+/m0/s1. The lowest BCUT2D eigenvalue weighted by atomic mass is 9.89. The lowest BCUT2D eigenvalue weighted by Gasteiger charge is -2.27. The van der Waals surface area contributed by atoms with Crippen LogP contribution in [0.3, 0.4) is 0 Å². The van der Waals surface area contributed by atoms with E-state index < -0.39 is 18.0 Å². The predicted molar refractivity (Wildman–Crippen MR) is 136 cm³/mol. The zero-order valence-electron chi connectivity index (χ0n) is 21.0. The van der Waals surface area contributed by atoms with Crippen molar-refractivity contribution in [3.05, 3.63) is 71.8 Å². The molecule has 3 rings (SSSR count). The van der Waals surface area contributed by atoms with Crippen LogP contribution in [0.1, 0.15) is 45.6 Å². The van der Waals surface area contributed by atoms with Gasteiger partial charge in [0.25, 0.3) is 0 Å². The van der Waals surface area contributed by atoms with Gasteiger partial charge in [0.15, 0.2) is 0 Å². The number of nitrogens with zero attached hydrogens (tertiary/aromatic N) is 1. The number of rotatable bonds is 10.